The number of aromatic nitrogens is 2. The molecule has 84 valence electrons. The number of carbonyl (C=O) groups is 1. The number of hydrogen-bond donors (Lipinski definition) is 2. The van der Waals surface area contributed by atoms with Gasteiger partial charge in [0.25, 0.3) is 5.91 Å². The van der Waals surface area contributed by atoms with Crippen LogP contribution in [0.3, 0.4) is 0 Å². The molecule has 1 aromatic rings. The van der Waals surface area contributed by atoms with E-state index in [1.54, 1.807) is 14.0 Å². The molecule has 1 aromatic heterocycles. The highest BCUT2D eigenvalue weighted by atomic mass is 16.2. The van der Waals surface area contributed by atoms with Crippen molar-refractivity contribution >= 4 is 11.6 Å². The van der Waals surface area contributed by atoms with E-state index in [0.29, 0.717) is 17.1 Å². The first-order valence-corrected chi connectivity index (χ1v) is 4.84. The molecule has 0 bridgehead atoms. The average Bonchev–Trinajstić information content (AvgIpc) is 2.22. The fraction of sp³-hybridized carbons (Fsp3) is 0.600. The van der Waals surface area contributed by atoms with Crippen molar-refractivity contribution in [3.8, 4) is 0 Å². The quantitative estimate of drug-likeness (QED) is 0.721. The van der Waals surface area contributed by atoms with Gasteiger partial charge in [0.1, 0.15) is 5.69 Å². The molecule has 3 N–H and O–H groups in total. The average molecular weight is 210 g/mol. The first-order valence-electron chi connectivity index (χ1n) is 4.84. The van der Waals surface area contributed by atoms with E-state index in [-0.39, 0.29) is 11.4 Å². The number of amides is 1. The van der Waals surface area contributed by atoms with Crippen LogP contribution in [0.15, 0.2) is 0 Å². The minimum Gasteiger partial charge on any atom is -0.395 e. The molecule has 1 rings (SSSR count). The van der Waals surface area contributed by atoms with Crippen LogP contribution in [0.5, 0.6) is 0 Å². The van der Waals surface area contributed by atoms with Crippen LogP contribution in [0.4, 0.5) is 5.69 Å². The molecule has 0 aromatic carbocycles. The van der Waals surface area contributed by atoms with Crippen LogP contribution in [0.2, 0.25) is 0 Å². The lowest BCUT2D eigenvalue weighted by molar-refractivity contribution is 0.0911. The lowest BCUT2D eigenvalue weighted by atomic mass is 10.1. The van der Waals surface area contributed by atoms with E-state index in [1.165, 1.54) is 4.68 Å². The van der Waals surface area contributed by atoms with Crippen LogP contribution in [0.25, 0.3) is 0 Å². The number of carbonyl (C=O) groups excluding carboxylic acids is 1. The molecule has 0 saturated heterocycles. The van der Waals surface area contributed by atoms with E-state index >= 15 is 0 Å². The van der Waals surface area contributed by atoms with Gasteiger partial charge >= 0.3 is 0 Å². The van der Waals surface area contributed by atoms with Crippen molar-refractivity contribution in [2.24, 2.45) is 7.05 Å². The number of nitrogens with two attached hydrogens (primary N) is 1. The lowest BCUT2D eigenvalue weighted by Gasteiger charge is -2.20. The maximum atomic E-state index is 11.9. The molecule has 15 heavy (non-hydrogen) atoms. The Morgan fingerprint density at radius 3 is 2.33 bits per heavy atom. The molecule has 5 heteroatoms. The molecular formula is C10H18N4O. The first-order chi connectivity index (χ1) is 6.72. The monoisotopic (exact) mass is 210 g/mol. The molecule has 0 saturated carbocycles. The number of nitrogens with zero attached hydrogens (tertiary/aromatic N) is 2. The van der Waals surface area contributed by atoms with Gasteiger partial charge in [-0.1, -0.05) is 0 Å². The summed E-state index contributed by atoms with van der Waals surface area (Å²) in [7, 11) is 1.71. The Hall–Kier alpha value is -1.52. The van der Waals surface area contributed by atoms with E-state index < -0.39 is 0 Å². The van der Waals surface area contributed by atoms with Gasteiger partial charge in [0.05, 0.1) is 11.4 Å². The van der Waals surface area contributed by atoms with Crippen molar-refractivity contribution in [1.82, 2.24) is 15.1 Å². The fourth-order valence-corrected chi connectivity index (χ4v) is 1.34. The van der Waals surface area contributed by atoms with Crippen molar-refractivity contribution in [2.45, 2.75) is 33.2 Å². The molecule has 0 atom stereocenters. The highest BCUT2D eigenvalue weighted by Crippen LogP contribution is 2.15. The first kappa shape index (κ1) is 11.6. The van der Waals surface area contributed by atoms with E-state index in [9.17, 15) is 4.79 Å². The predicted octanol–water partition coefficient (Wildman–Crippen LogP) is 0.839. The minimum atomic E-state index is -0.276. The summed E-state index contributed by atoms with van der Waals surface area (Å²) in [6.45, 7) is 7.54. The van der Waals surface area contributed by atoms with Gasteiger partial charge in [-0.2, -0.15) is 5.10 Å². The van der Waals surface area contributed by atoms with E-state index in [4.69, 9.17) is 5.73 Å². The Kier molecular flexibility index (Phi) is 2.75. The van der Waals surface area contributed by atoms with Gasteiger partial charge in [-0.15, -0.1) is 0 Å². The van der Waals surface area contributed by atoms with Crippen molar-refractivity contribution in [1.29, 1.82) is 0 Å². The highest BCUT2D eigenvalue weighted by molar-refractivity contribution is 5.98. The Morgan fingerprint density at radius 1 is 1.47 bits per heavy atom. The van der Waals surface area contributed by atoms with Crippen LogP contribution >= 0.6 is 0 Å². The van der Waals surface area contributed by atoms with Crippen molar-refractivity contribution in [2.75, 3.05) is 5.73 Å². The topological polar surface area (TPSA) is 72.9 Å². The summed E-state index contributed by atoms with van der Waals surface area (Å²) < 4.78 is 1.51. The number of nitrogen functional groups attached to an aromatic ring is 1. The zero-order valence-corrected chi connectivity index (χ0v) is 9.88. The second kappa shape index (κ2) is 3.56. The number of aryl methyl sites for hydroxylation is 2. The van der Waals surface area contributed by atoms with Crippen molar-refractivity contribution in [3.05, 3.63) is 11.4 Å². The third-order valence-corrected chi connectivity index (χ3v) is 1.97. The number of nitrogens with one attached hydrogen (secondary N) is 1. The molecular weight excluding hydrogens is 192 g/mol. The molecule has 1 amide bonds. The number of rotatable bonds is 1. The molecule has 0 aliphatic heterocycles. The van der Waals surface area contributed by atoms with E-state index in [0.717, 1.165) is 0 Å². The largest absolute Gasteiger partial charge is 0.395 e. The zero-order chi connectivity index (χ0) is 11.8. The summed E-state index contributed by atoms with van der Waals surface area (Å²) in [5.41, 5.74) is 7.04. The summed E-state index contributed by atoms with van der Waals surface area (Å²) in [5, 5.41) is 6.94. The zero-order valence-electron chi connectivity index (χ0n) is 9.88. The van der Waals surface area contributed by atoms with Crippen LogP contribution < -0.4 is 11.1 Å². The van der Waals surface area contributed by atoms with Crippen LogP contribution in [0, 0.1) is 6.92 Å². The third-order valence-electron chi connectivity index (χ3n) is 1.97. The smallest absolute Gasteiger partial charge is 0.272 e. The Labute approximate surface area is 89.6 Å². The Balaban J connectivity index is 3.02. The van der Waals surface area contributed by atoms with Gasteiger partial charge in [-0.05, 0) is 27.7 Å². The van der Waals surface area contributed by atoms with Crippen LogP contribution in [-0.4, -0.2) is 21.2 Å². The SMILES string of the molecule is Cc1nn(C)c(C(=O)NC(C)(C)C)c1N. The molecule has 0 aliphatic rings. The summed E-state index contributed by atoms with van der Waals surface area (Å²) in [6, 6.07) is 0. The fourth-order valence-electron chi connectivity index (χ4n) is 1.34. The van der Waals surface area contributed by atoms with Crippen molar-refractivity contribution in [3.63, 3.8) is 0 Å². The standard InChI is InChI=1S/C10H18N4O/c1-6-7(11)8(14(5)13-6)9(15)12-10(2,3)4/h11H2,1-5H3,(H,12,15). The van der Waals surface area contributed by atoms with E-state index in [1.807, 2.05) is 20.8 Å². The second-order valence-electron chi connectivity index (χ2n) is 4.68. The van der Waals surface area contributed by atoms with Gasteiger partial charge in [0, 0.05) is 12.6 Å². The highest BCUT2D eigenvalue weighted by Gasteiger charge is 2.21. The van der Waals surface area contributed by atoms with Gasteiger partial charge in [0.15, 0.2) is 0 Å². The summed E-state index contributed by atoms with van der Waals surface area (Å²) in [6.07, 6.45) is 0. The maximum absolute atomic E-state index is 11.9. The second-order valence-corrected chi connectivity index (χ2v) is 4.68. The maximum Gasteiger partial charge on any atom is 0.272 e. The third kappa shape index (κ3) is 2.49. The number of anilines is 1. The molecule has 0 radical (unpaired) electrons. The number of hydrogen-bond acceptors (Lipinski definition) is 3. The molecule has 5 nitrogen and oxygen atoms in total. The van der Waals surface area contributed by atoms with Crippen LogP contribution in [0.1, 0.15) is 37.0 Å². The molecule has 0 aliphatic carbocycles. The summed E-state index contributed by atoms with van der Waals surface area (Å²) in [5.74, 6) is -0.192. The predicted molar refractivity (Wildman–Crippen MR) is 59.6 cm³/mol. The normalized spacial score (nSPS) is 11.5. The van der Waals surface area contributed by atoms with Gasteiger partial charge in [-0.3, -0.25) is 9.48 Å². The molecule has 0 spiro atoms. The van der Waals surface area contributed by atoms with Gasteiger partial charge in [-0.25, -0.2) is 0 Å². The van der Waals surface area contributed by atoms with E-state index in [2.05, 4.69) is 10.4 Å². The van der Waals surface area contributed by atoms with Crippen molar-refractivity contribution < 1.29 is 4.79 Å². The van der Waals surface area contributed by atoms with Gasteiger partial charge in [0.2, 0.25) is 0 Å². The lowest BCUT2D eigenvalue weighted by Crippen LogP contribution is -2.41. The summed E-state index contributed by atoms with van der Waals surface area (Å²) in [4.78, 5) is 11.9. The summed E-state index contributed by atoms with van der Waals surface area (Å²) >= 11 is 0. The Bertz CT molecular complexity index is 387. The minimum absolute atomic E-state index is 0.192. The molecule has 0 fully saturated rings. The van der Waals surface area contributed by atoms with Crippen LogP contribution in [-0.2, 0) is 7.05 Å². The Morgan fingerprint density at radius 2 is 2.00 bits per heavy atom. The molecule has 0 unspecified atom stereocenters. The molecule has 1 heterocycles. The van der Waals surface area contributed by atoms with Gasteiger partial charge < -0.3 is 11.1 Å².